The summed E-state index contributed by atoms with van der Waals surface area (Å²) in [5.41, 5.74) is 0. The molecule has 0 aromatic heterocycles. The number of likely N-dealkylation sites (tertiary alicyclic amines) is 2. The Morgan fingerprint density at radius 3 is 2.36 bits per heavy atom. The number of nitrogens with one attached hydrogen (secondary N) is 2. The molecule has 0 aromatic carbocycles. The lowest BCUT2D eigenvalue weighted by atomic mass is 10.1. The third-order valence-corrected chi connectivity index (χ3v) is 4.47. The summed E-state index contributed by atoms with van der Waals surface area (Å²) in [5.74, 6) is 0. The van der Waals surface area contributed by atoms with Gasteiger partial charge in [0.15, 0.2) is 0 Å². The highest BCUT2D eigenvalue weighted by molar-refractivity contribution is 5.75. The molecule has 0 bridgehead atoms. The smallest absolute Gasteiger partial charge is 0.409 e. The van der Waals surface area contributed by atoms with Crippen LogP contribution in [0.15, 0.2) is 0 Å². The van der Waals surface area contributed by atoms with E-state index in [0.717, 1.165) is 32.4 Å². The standard InChI is InChI=1S/C15H28N4O3/c1-11(2)18-8-6-13(9-18)17-14(20)16-12-5-4-7-19(10-12)15(21)22-3/h11-13H,4-10H2,1-3H3,(H2,16,17,20)/t12-,13+/m1/s1. The Bertz CT molecular complexity index is 402. The Morgan fingerprint density at radius 1 is 1.09 bits per heavy atom. The van der Waals surface area contributed by atoms with Crippen LogP contribution in [0.5, 0.6) is 0 Å². The monoisotopic (exact) mass is 312 g/mol. The first-order chi connectivity index (χ1) is 10.5. The van der Waals surface area contributed by atoms with Gasteiger partial charge >= 0.3 is 12.1 Å². The molecule has 0 unspecified atom stereocenters. The highest BCUT2D eigenvalue weighted by Gasteiger charge is 2.28. The van der Waals surface area contributed by atoms with Gasteiger partial charge in [0.05, 0.1) is 7.11 Å². The molecule has 0 radical (unpaired) electrons. The van der Waals surface area contributed by atoms with Gasteiger partial charge in [0.2, 0.25) is 0 Å². The maximum absolute atomic E-state index is 12.1. The van der Waals surface area contributed by atoms with Crippen molar-refractivity contribution in [3.8, 4) is 0 Å². The van der Waals surface area contributed by atoms with Gasteiger partial charge in [-0.3, -0.25) is 4.90 Å². The minimum atomic E-state index is -0.324. The molecule has 2 aliphatic heterocycles. The SMILES string of the molecule is COC(=O)N1CCC[C@@H](NC(=O)N[C@H]2CCN(C(C)C)C2)C1. The number of nitrogens with zero attached hydrogens (tertiary/aromatic N) is 2. The van der Waals surface area contributed by atoms with Crippen molar-refractivity contribution in [2.24, 2.45) is 0 Å². The van der Waals surface area contributed by atoms with Crippen molar-refractivity contribution in [3.63, 3.8) is 0 Å². The van der Waals surface area contributed by atoms with E-state index in [-0.39, 0.29) is 24.2 Å². The molecule has 2 aliphatic rings. The van der Waals surface area contributed by atoms with E-state index in [1.807, 2.05) is 0 Å². The number of amides is 3. The van der Waals surface area contributed by atoms with Crippen molar-refractivity contribution in [2.45, 2.75) is 51.2 Å². The lowest BCUT2D eigenvalue weighted by Gasteiger charge is -2.32. The second-order valence-corrected chi connectivity index (χ2v) is 6.45. The Hall–Kier alpha value is -1.50. The average molecular weight is 312 g/mol. The van der Waals surface area contributed by atoms with Gasteiger partial charge in [-0.05, 0) is 33.1 Å². The van der Waals surface area contributed by atoms with Gasteiger partial charge in [-0.2, -0.15) is 0 Å². The molecule has 2 fully saturated rings. The summed E-state index contributed by atoms with van der Waals surface area (Å²) in [7, 11) is 1.38. The number of carbonyl (C=O) groups excluding carboxylic acids is 2. The molecule has 0 aliphatic carbocycles. The Labute approximate surface area is 132 Å². The van der Waals surface area contributed by atoms with Crippen LogP contribution in [0.3, 0.4) is 0 Å². The van der Waals surface area contributed by atoms with Crippen LogP contribution in [0.1, 0.15) is 33.1 Å². The second kappa shape index (κ2) is 7.67. The molecular weight excluding hydrogens is 284 g/mol. The summed E-state index contributed by atoms with van der Waals surface area (Å²) in [5, 5.41) is 6.02. The van der Waals surface area contributed by atoms with Crippen molar-refractivity contribution >= 4 is 12.1 Å². The third-order valence-electron chi connectivity index (χ3n) is 4.47. The molecule has 3 amide bonds. The quantitative estimate of drug-likeness (QED) is 0.815. The molecule has 2 saturated heterocycles. The van der Waals surface area contributed by atoms with E-state index in [1.165, 1.54) is 7.11 Å². The third kappa shape index (κ3) is 4.50. The molecule has 2 atom stereocenters. The molecule has 0 aromatic rings. The summed E-state index contributed by atoms with van der Waals surface area (Å²) in [6.07, 6.45) is 2.44. The molecule has 22 heavy (non-hydrogen) atoms. The number of methoxy groups -OCH3 is 1. The van der Waals surface area contributed by atoms with Crippen LogP contribution in [0.2, 0.25) is 0 Å². The highest BCUT2D eigenvalue weighted by atomic mass is 16.5. The van der Waals surface area contributed by atoms with Crippen LogP contribution in [-0.4, -0.2) is 73.3 Å². The van der Waals surface area contributed by atoms with Crippen molar-refractivity contribution in [3.05, 3.63) is 0 Å². The number of hydrogen-bond acceptors (Lipinski definition) is 4. The summed E-state index contributed by atoms with van der Waals surface area (Å²) in [6.45, 7) is 7.49. The summed E-state index contributed by atoms with van der Waals surface area (Å²) < 4.78 is 4.74. The van der Waals surface area contributed by atoms with E-state index < -0.39 is 0 Å². The fourth-order valence-corrected chi connectivity index (χ4v) is 3.18. The van der Waals surface area contributed by atoms with E-state index in [1.54, 1.807) is 4.90 Å². The fraction of sp³-hybridized carbons (Fsp3) is 0.867. The molecule has 0 saturated carbocycles. The molecule has 0 spiro atoms. The maximum atomic E-state index is 12.1. The van der Waals surface area contributed by atoms with Gasteiger partial charge in [-0.15, -0.1) is 0 Å². The van der Waals surface area contributed by atoms with E-state index in [0.29, 0.717) is 19.1 Å². The van der Waals surface area contributed by atoms with Gasteiger partial charge in [-0.1, -0.05) is 0 Å². The van der Waals surface area contributed by atoms with Gasteiger partial charge in [0, 0.05) is 44.3 Å². The Morgan fingerprint density at radius 2 is 1.77 bits per heavy atom. The summed E-state index contributed by atoms with van der Waals surface area (Å²) in [6, 6.07) is 0.590. The predicted molar refractivity (Wildman–Crippen MR) is 83.8 cm³/mol. The lowest BCUT2D eigenvalue weighted by Crippen LogP contribution is -2.53. The van der Waals surface area contributed by atoms with Crippen LogP contribution in [0, 0.1) is 0 Å². The zero-order chi connectivity index (χ0) is 16.1. The number of ether oxygens (including phenoxy) is 1. The molecular formula is C15H28N4O3. The zero-order valence-electron chi connectivity index (χ0n) is 13.8. The first-order valence-corrected chi connectivity index (χ1v) is 8.13. The molecule has 7 heteroatoms. The van der Waals surface area contributed by atoms with Crippen LogP contribution < -0.4 is 10.6 Å². The van der Waals surface area contributed by atoms with E-state index in [2.05, 4.69) is 29.4 Å². The molecule has 7 nitrogen and oxygen atoms in total. The largest absolute Gasteiger partial charge is 0.453 e. The molecule has 2 rings (SSSR count). The first kappa shape index (κ1) is 16.9. The summed E-state index contributed by atoms with van der Waals surface area (Å²) >= 11 is 0. The van der Waals surface area contributed by atoms with E-state index in [9.17, 15) is 9.59 Å². The maximum Gasteiger partial charge on any atom is 0.409 e. The number of piperidine rings is 1. The molecule has 2 heterocycles. The zero-order valence-corrected chi connectivity index (χ0v) is 13.8. The van der Waals surface area contributed by atoms with Gasteiger partial charge in [0.25, 0.3) is 0 Å². The minimum absolute atomic E-state index is 0.00421. The molecule has 2 N–H and O–H groups in total. The van der Waals surface area contributed by atoms with Crippen molar-refractivity contribution in [1.82, 2.24) is 20.4 Å². The number of rotatable bonds is 3. The highest BCUT2D eigenvalue weighted by Crippen LogP contribution is 2.13. The lowest BCUT2D eigenvalue weighted by molar-refractivity contribution is 0.108. The fourth-order valence-electron chi connectivity index (χ4n) is 3.18. The molecule has 126 valence electrons. The minimum Gasteiger partial charge on any atom is -0.453 e. The van der Waals surface area contributed by atoms with Crippen LogP contribution >= 0.6 is 0 Å². The van der Waals surface area contributed by atoms with Crippen LogP contribution in [0.4, 0.5) is 9.59 Å². The van der Waals surface area contributed by atoms with Gasteiger partial charge in [-0.25, -0.2) is 9.59 Å². The Kier molecular flexibility index (Phi) is 5.88. The topological polar surface area (TPSA) is 73.9 Å². The van der Waals surface area contributed by atoms with E-state index >= 15 is 0 Å². The number of carbonyl (C=O) groups is 2. The normalized spacial score (nSPS) is 26.1. The average Bonchev–Trinajstić information content (AvgIpc) is 2.95. The second-order valence-electron chi connectivity index (χ2n) is 6.45. The van der Waals surface area contributed by atoms with Crippen molar-refractivity contribution < 1.29 is 14.3 Å². The van der Waals surface area contributed by atoms with Crippen molar-refractivity contribution in [1.29, 1.82) is 0 Å². The van der Waals surface area contributed by atoms with Gasteiger partial charge < -0.3 is 20.3 Å². The Balaban J connectivity index is 1.74. The number of urea groups is 1. The predicted octanol–water partition coefficient (Wildman–Crippen LogP) is 0.999. The first-order valence-electron chi connectivity index (χ1n) is 8.13. The van der Waals surface area contributed by atoms with Gasteiger partial charge in [0.1, 0.15) is 0 Å². The van der Waals surface area contributed by atoms with Crippen molar-refractivity contribution in [2.75, 3.05) is 33.3 Å². The van der Waals surface area contributed by atoms with Crippen LogP contribution in [-0.2, 0) is 4.74 Å². The number of hydrogen-bond donors (Lipinski definition) is 2. The van der Waals surface area contributed by atoms with E-state index in [4.69, 9.17) is 4.74 Å². The van der Waals surface area contributed by atoms with Crippen LogP contribution in [0.25, 0.3) is 0 Å². The summed E-state index contributed by atoms with van der Waals surface area (Å²) in [4.78, 5) is 27.7.